The van der Waals surface area contributed by atoms with Crippen LogP contribution in [0.3, 0.4) is 0 Å². The van der Waals surface area contributed by atoms with E-state index in [1.54, 1.807) is 29.2 Å². The van der Waals surface area contributed by atoms with Gasteiger partial charge in [-0.15, -0.1) is 0 Å². The molecule has 0 heterocycles. The van der Waals surface area contributed by atoms with Gasteiger partial charge in [0.25, 0.3) is 0 Å². The number of rotatable bonds is 13. The summed E-state index contributed by atoms with van der Waals surface area (Å²) in [5, 5.41) is 3.48. The van der Waals surface area contributed by atoms with Crippen molar-refractivity contribution in [3.05, 3.63) is 64.9 Å². The Bertz CT molecular complexity index is 1110. The standard InChI is InChI=1S/C26H35ClFN3O4S/c1-5-24(26(33)29-17-19(2)3)30(18-20-8-10-21(27)11-9-20)25(32)7-6-16-31(36(4,34)35)23-14-12-22(28)13-15-23/h8-15,19,24H,5-7,16-18H2,1-4H3,(H,29,33)/t24-/m1/s1. The molecule has 0 aliphatic carbocycles. The van der Waals surface area contributed by atoms with E-state index in [0.29, 0.717) is 23.7 Å². The van der Waals surface area contributed by atoms with Crippen LogP contribution in [0.5, 0.6) is 0 Å². The lowest BCUT2D eigenvalue weighted by Crippen LogP contribution is -2.49. The largest absolute Gasteiger partial charge is 0.354 e. The van der Waals surface area contributed by atoms with Crippen LogP contribution in [-0.2, 0) is 26.2 Å². The summed E-state index contributed by atoms with van der Waals surface area (Å²) in [7, 11) is -3.64. The second-order valence-electron chi connectivity index (χ2n) is 9.13. The summed E-state index contributed by atoms with van der Waals surface area (Å²) >= 11 is 6.00. The molecule has 10 heteroatoms. The van der Waals surface area contributed by atoms with Crippen LogP contribution in [-0.4, -0.2) is 50.5 Å². The van der Waals surface area contributed by atoms with Gasteiger partial charge < -0.3 is 10.2 Å². The number of hydrogen-bond donors (Lipinski definition) is 1. The van der Waals surface area contributed by atoms with Crippen molar-refractivity contribution in [2.75, 3.05) is 23.7 Å². The molecule has 0 saturated heterocycles. The monoisotopic (exact) mass is 539 g/mol. The van der Waals surface area contributed by atoms with Gasteiger partial charge >= 0.3 is 0 Å². The Labute approximate surface area is 218 Å². The van der Waals surface area contributed by atoms with E-state index in [9.17, 15) is 22.4 Å². The molecule has 2 aromatic carbocycles. The van der Waals surface area contributed by atoms with Crippen LogP contribution < -0.4 is 9.62 Å². The molecule has 36 heavy (non-hydrogen) atoms. The van der Waals surface area contributed by atoms with E-state index in [1.807, 2.05) is 20.8 Å². The molecular weight excluding hydrogens is 505 g/mol. The average molecular weight is 540 g/mol. The summed E-state index contributed by atoms with van der Waals surface area (Å²) in [5.41, 5.74) is 1.15. The molecule has 7 nitrogen and oxygen atoms in total. The molecular formula is C26H35ClFN3O4S. The number of benzene rings is 2. The molecule has 2 aromatic rings. The van der Waals surface area contributed by atoms with Crippen molar-refractivity contribution in [3.63, 3.8) is 0 Å². The zero-order valence-electron chi connectivity index (χ0n) is 21.2. The van der Waals surface area contributed by atoms with Gasteiger partial charge in [0.1, 0.15) is 11.9 Å². The molecule has 0 fully saturated rings. The molecule has 0 bridgehead atoms. The van der Waals surface area contributed by atoms with E-state index in [2.05, 4.69) is 5.32 Å². The number of nitrogens with one attached hydrogen (secondary N) is 1. The van der Waals surface area contributed by atoms with E-state index < -0.39 is 21.9 Å². The fourth-order valence-corrected chi connectivity index (χ4v) is 4.83. The summed E-state index contributed by atoms with van der Waals surface area (Å²) in [6, 6.07) is 11.5. The van der Waals surface area contributed by atoms with Crippen LogP contribution >= 0.6 is 11.6 Å². The first-order chi connectivity index (χ1) is 16.9. The van der Waals surface area contributed by atoms with Gasteiger partial charge in [-0.25, -0.2) is 12.8 Å². The number of anilines is 1. The van der Waals surface area contributed by atoms with Crippen molar-refractivity contribution in [2.45, 2.75) is 52.6 Å². The molecule has 198 valence electrons. The Kier molecular flexibility index (Phi) is 11.2. The summed E-state index contributed by atoms with van der Waals surface area (Å²) in [5.74, 6) is -0.691. The molecule has 0 unspecified atom stereocenters. The predicted octanol–water partition coefficient (Wildman–Crippen LogP) is 4.60. The Hall–Kier alpha value is -2.65. The summed E-state index contributed by atoms with van der Waals surface area (Å²) in [6.07, 6.45) is 1.75. The predicted molar refractivity (Wildman–Crippen MR) is 142 cm³/mol. The second kappa shape index (κ2) is 13.6. The maximum absolute atomic E-state index is 13.4. The molecule has 0 aliphatic rings. The third-order valence-corrected chi connectivity index (χ3v) is 7.05. The molecule has 0 spiro atoms. The highest BCUT2D eigenvalue weighted by molar-refractivity contribution is 7.92. The fraction of sp³-hybridized carbons (Fsp3) is 0.462. The summed E-state index contributed by atoms with van der Waals surface area (Å²) in [4.78, 5) is 27.9. The third-order valence-electron chi connectivity index (χ3n) is 5.60. The smallest absolute Gasteiger partial charge is 0.242 e. The van der Waals surface area contributed by atoms with Crippen molar-refractivity contribution < 1.29 is 22.4 Å². The van der Waals surface area contributed by atoms with Crippen LogP contribution in [0.15, 0.2) is 48.5 Å². The van der Waals surface area contributed by atoms with E-state index >= 15 is 0 Å². The van der Waals surface area contributed by atoms with E-state index in [1.165, 1.54) is 24.3 Å². The number of amides is 2. The highest BCUT2D eigenvalue weighted by Crippen LogP contribution is 2.20. The van der Waals surface area contributed by atoms with E-state index in [4.69, 9.17) is 11.6 Å². The maximum Gasteiger partial charge on any atom is 0.242 e. The number of hydrogen-bond acceptors (Lipinski definition) is 4. The molecule has 1 atom stereocenters. The SMILES string of the molecule is CC[C@H](C(=O)NCC(C)C)N(Cc1ccc(Cl)cc1)C(=O)CCCN(c1ccc(F)cc1)S(C)(=O)=O. The topological polar surface area (TPSA) is 86.8 Å². The third kappa shape index (κ3) is 9.09. The lowest BCUT2D eigenvalue weighted by molar-refractivity contribution is -0.141. The minimum Gasteiger partial charge on any atom is -0.354 e. The first-order valence-electron chi connectivity index (χ1n) is 12.0. The normalized spacial score (nSPS) is 12.3. The molecule has 0 aliphatic heterocycles. The van der Waals surface area contributed by atoms with Gasteiger partial charge in [-0.2, -0.15) is 0 Å². The van der Waals surface area contributed by atoms with Crippen molar-refractivity contribution in [3.8, 4) is 0 Å². The van der Waals surface area contributed by atoms with Crippen LogP contribution in [0.1, 0.15) is 45.6 Å². The van der Waals surface area contributed by atoms with Crippen LogP contribution in [0.4, 0.5) is 10.1 Å². The van der Waals surface area contributed by atoms with Gasteiger partial charge in [0, 0.05) is 31.1 Å². The number of nitrogens with zero attached hydrogens (tertiary/aromatic N) is 2. The van der Waals surface area contributed by atoms with Gasteiger partial charge in [-0.1, -0.05) is 44.5 Å². The van der Waals surface area contributed by atoms with E-state index in [0.717, 1.165) is 16.1 Å². The molecule has 2 rings (SSSR count). The molecule has 0 radical (unpaired) electrons. The van der Waals surface area contributed by atoms with Gasteiger partial charge in [0.15, 0.2) is 0 Å². The Morgan fingerprint density at radius 1 is 1.06 bits per heavy atom. The average Bonchev–Trinajstić information content (AvgIpc) is 2.81. The van der Waals surface area contributed by atoms with Crippen LogP contribution in [0.25, 0.3) is 0 Å². The Morgan fingerprint density at radius 3 is 2.19 bits per heavy atom. The minimum absolute atomic E-state index is 0.0365. The molecule has 0 saturated carbocycles. The Morgan fingerprint density at radius 2 is 1.67 bits per heavy atom. The maximum atomic E-state index is 13.4. The minimum atomic E-state index is -3.64. The van der Waals surface area contributed by atoms with Gasteiger partial charge in [0.05, 0.1) is 11.9 Å². The lowest BCUT2D eigenvalue weighted by Gasteiger charge is -2.31. The highest BCUT2D eigenvalue weighted by atomic mass is 35.5. The number of carbonyl (C=O) groups excluding carboxylic acids is 2. The molecule has 1 N–H and O–H groups in total. The number of halogens is 2. The van der Waals surface area contributed by atoms with Crippen molar-refractivity contribution in [2.24, 2.45) is 5.92 Å². The first-order valence-corrected chi connectivity index (χ1v) is 14.2. The van der Waals surface area contributed by atoms with Crippen molar-refractivity contribution in [1.29, 1.82) is 0 Å². The van der Waals surface area contributed by atoms with Crippen molar-refractivity contribution in [1.82, 2.24) is 10.2 Å². The fourth-order valence-electron chi connectivity index (χ4n) is 3.74. The van der Waals surface area contributed by atoms with Crippen molar-refractivity contribution >= 4 is 39.1 Å². The zero-order valence-corrected chi connectivity index (χ0v) is 22.8. The zero-order chi connectivity index (χ0) is 26.9. The van der Waals surface area contributed by atoms with Crippen LogP contribution in [0, 0.1) is 11.7 Å². The van der Waals surface area contributed by atoms with E-state index in [-0.39, 0.29) is 43.7 Å². The highest BCUT2D eigenvalue weighted by Gasteiger charge is 2.29. The number of sulfonamides is 1. The molecule has 0 aromatic heterocycles. The van der Waals surface area contributed by atoms with Gasteiger partial charge in [-0.05, 0) is 60.7 Å². The summed E-state index contributed by atoms with van der Waals surface area (Å²) in [6.45, 7) is 6.60. The molecule has 2 amide bonds. The first kappa shape index (κ1) is 29.6. The second-order valence-corrected chi connectivity index (χ2v) is 11.5. The summed E-state index contributed by atoms with van der Waals surface area (Å²) < 4.78 is 39.1. The number of carbonyl (C=O) groups is 2. The Balaban J connectivity index is 2.19. The van der Waals surface area contributed by atoms with Crippen LogP contribution in [0.2, 0.25) is 5.02 Å². The quantitative estimate of drug-likeness (QED) is 0.403. The van der Waals surface area contributed by atoms with Gasteiger partial charge in [-0.3, -0.25) is 13.9 Å². The van der Waals surface area contributed by atoms with Gasteiger partial charge in [0.2, 0.25) is 21.8 Å². The lowest BCUT2D eigenvalue weighted by atomic mass is 10.1.